The summed E-state index contributed by atoms with van der Waals surface area (Å²) in [6.45, 7) is 0.990. The van der Waals surface area contributed by atoms with E-state index in [1.54, 1.807) is 0 Å². The van der Waals surface area contributed by atoms with E-state index in [4.69, 9.17) is 32.0 Å². The van der Waals surface area contributed by atoms with Crippen molar-refractivity contribution < 1.29 is 8.83 Å². The van der Waals surface area contributed by atoms with Crippen LogP contribution in [-0.4, -0.2) is 20.4 Å². The van der Waals surface area contributed by atoms with Crippen LogP contribution in [0, 0.1) is 0 Å². The van der Waals surface area contributed by atoms with E-state index >= 15 is 0 Å². The lowest BCUT2D eigenvalue weighted by molar-refractivity contribution is 0.439. The quantitative estimate of drug-likeness (QED) is 0.157. The molecule has 190 valence electrons. The Hall–Kier alpha value is -3.10. The molecule has 2 aromatic heterocycles. The average molecular weight is 529 g/mol. The SMILES string of the molecule is Clc1ccc(NCc2nnc(CCCCCCCCc3nnc(CNc4ccc(Cl)cc4)o3)o2)cc1. The highest BCUT2D eigenvalue weighted by Crippen LogP contribution is 2.16. The first-order chi connectivity index (χ1) is 17.6. The fourth-order valence-corrected chi connectivity index (χ4v) is 3.92. The van der Waals surface area contributed by atoms with Gasteiger partial charge in [-0.05, 0) is 61.4 Å². The van der Waals surface area contributed by atoms with E-state index in [0.717, 1.165) is 49.9 Å². The van der Waals surface area contributed by atoms with E-state index in [2.05, 4.69) is 31.0 Å². The Morgan fingerprint density at radius 2 is 0.861 bits per heavy atom. The molecule has 2 aromatic carbocycles. The number of anilines is 2. The van der Waals surface area contributed by atoms with Crippen LogP contribution in [0.1, 0.15) is 62.1 Å². The second-order valence-electron chi connectivity index (χ2n) is 8.52. The summed E-state index contributed by atoms with van der Waals surface area (Å²) in [4.78, 5) is 0. The lowest BCUT2D eigenvalue weighted by Gasteiger charge is -2.03. The van der Waals surface area contributed by atoms with Gasteiger partial charge in [0.15, 0.2) is 0 Å². The summed E-state index contributed by atoms with van der Waals surface area (Å²) in [7, 11) is 0. The highest BCUT2D eigenvalue weighted by atomic mass is 35.5. The highest BCUT2D eigenvalue weighted by molar-refractivity contribution is 6.30. The van der Waals surface area contributed by atoms with Crippen molar-refractivity contribution in [2.75, 3.05) is 10.6 Å². The van der Waals surface area contributed by atoms with E-state index < -0.39 is 0 Å². The van der Waals surface area contributed by atoms with Crippen LogP contribution in [0.2, 0.25) is 10.0 Å². The van der Waals surface area contributed by atoms with Gasteiger partial charge >= 0.3 is 0 Å². The van der Waals surface area contributed by atoms with Crippen molar-refractivity contribution in [3.8, 4) is 0 Å². The van der Waals surface area contributed by atoms with E-state index in [1.807, 2.05) is 48.5 Å². The molecule has 0 unspecified atom stereocenters. The third-order valence-corrected chi connectivity index (χ3v) is 6.13. The van der Waals surface area contributed by atoms with Crippen LogP contribution in [0.5, 0.6) is 0 Å². The number of unbranched alkanes of at least 4 members (excludes halogenated alkanes) is 5. The fraction of sp³-hybridized carbons (Fsp3) is 0.385. The van der Waals surface area contributed by atoms with Gasteiger partial charge in [0, 0.05) is 34.3 Å². The number of nitrogens with one attached hydrogen (secondary N) is 2. The van der Waals surface area contributed by atoms with Gasteiger partial charge in [-0.3, -0.25) is 0 Å². The van der Waals surface area contributed by atoms with Crippen molar-refractivity contribution >= 4 is 34.6 Å². The lowest BCUT2D eigenvalue weighted by atomic mass is 10.1. The zero-order valence-corrected chi connectivity index (χ0v) is 21.6. The number of hydrogen-bond acceptors (Lipinski definition) is 8. The summed E-state index contributed by atoms with van der Waals surface area (Å²) >= 11 is 11.8. The molecule has 0 saturated heterocycles. The monoisotopic (exact) mass is 528 g/mol. The van der Waals surface area contributed by atoms with E-state index in [0.29, 0.717) is 46.7 Å². The molecule has 0 atom stereocenters. The maximum absolute atomic E-state index is 5.90. The van der Waals surface area contributed by atoms with Gasteiger partial charge in [-0.1, -0.05) is 48.9 Å². The fourth-order valence-electron chi connectivity index (χ4n) is 3.67. The Labute approximate surface area is 220 Å². The average Bonchev–Trinajstić information content (AvgIpc) is 3.54. The van der Waals surface area contributed by atoms with Gasteiger partial charge in [0.25, 0.3) is 0 Å². The van der Waals surface area contributed by atoms with Gasteiger partial charge in [-0.15, -0.1) is 20.4 Å². The topological polar surface area (TPSA) is 102 Å². The molecule has 4 aromatic rings. The number of rotatable bonds is 15. The first-order valence-electron chi connectivity index (χ1n) is 12.3. The Kier molecular flexibility index (Phi) is 9.99. The highest BCUT2D eigenvalue weighted by Gasteiger charge is 2.07. The zero-order chi connectivity index (χ0) is 25.0. The smallest absolute Gasteiger partial charge is 0.235 e. The number of aryl methyl sites for hydroxylation is 2. The molecule has 0 spiro atoms. The van der Waals surface area contributed by atoms with E-state index in [9.17, 15) is 0 Å². The number of hydrogen-bond donors (Lipinski definition) is 2. The van der Waals surface area contributed by atoms with Crippen molar-refractivity contribution in [2.24, 2.45) is 0 Å². The molecular formula is C26H30Cl2N6O2. The van der Waals surface area contributed by atoms with Crippen LogP contribution in [0.15, 0.2) is 57.4 Å². The summed E-state index contributed by atoms with van der Waals surface area (Å²) < 4.78 is 11.5. The Morgan fingerprint density at radius 1 is 0.500 bits per heavy atom. The Bertz CT molecular complexity index is 1080. The Morgan fingerprint density at radius 3 is 1.28 bits per heavy atom. The first kappa shape index (κ1) is 26.0. The van der Waals surface area contributed by atoms with Crippen molar-refractivity contribution in [3.63, 3.8) is 0 Å². The molecule has 36 heavy (non-hydrogen) atoms. The largest absolute Gasteiger partial charge is 0.423 e. The molecule has 0 aliphatic carbocycles. The maximum Gasteiger partial charge on any atom is 0.235 e. The normalized spacial score (nSPS) is 11.1. The minimum absolute atomic E-state index is 0.495. The van der Waals surface area contributed by atoms with E-state index in [-0.39, 0.29) is 0 Å². The van der Waals surface area contributed by atoms with Crippen molar-refractivity contribution in [1.82, 2.24) is 20.4 Å². The Balaban J connectivity index is 1.02. The van der Waals surface area contributed by atoms with Gasteiger partial charge in [-0.25, -0.2) is 0 Å². The number of nitrogens with zero attached hydrogens (tertiary/aromatic N) is 4. The van der Waals surface area contributed by atoms with Crippen LogP contribution in [-0.2, 0) is 25.9 Å². The molecule has 4 rings (SSSR count). The van der Waals surface area contributed by atoms with Crippen LogP contribution >= 0.6 is 23.2 Å². The predicted molar refractivity (Wildman–Crippen MR) is 141 cm³/mol. The summed E-state index contributed by atoms with van der Waals surface area (Å²) in [6.07, 6.45) is 8.34. The molecule has 2 N–H and O–H groups in total. The molecular weight excluding hydrogens is 499 g/mol. The first-order valence-corrected chi connectivity index (χ1v) is 13.0. The summed E-state index contributed by atoms with van der Waals surface area (Å²) in [6, 6.07) is 15.0. The minimum atomic E-state index is 0.495. The molecule has 0 radical (unpaired) electrons. The summed E-state index contributed by atoms with van der Waals surface area (Å²) in [5.74, 6) is 2.57. The molecule has 0 amide bonds. The number of aromatic nitrogens is 4. The standard InChI is InChI=1S/C26H30Cl2N6O2/c27-19-9-13-21(14-10-19)29-17-25-33-31-23(35-25)7-5-3-1-2-4-6-8-24-32-34-26(36-24)18-30-22-15-11-20(28)12-16-22/h9-16,29-30H,1-8,17-18H2. The van der Waals surface area contributed by atoms with Gasteiger partial charge in [0.1, 0.15) is 0 Å². The molecule has 0 bridgehead atoms. The second-order valence-corrected chi connectivity index (χ2v) is 9.39. The maximum atomic E-state index is 5.90. The third-order valence-electron chi connectivity index (χ3n) is 5.62. The zero-order valence-electron chi connectivity index (χ0n) is 20.1. The number of benzene rings is 2. The van der Waals surface area contributed by atoms with Crippen LogP contribution < -0.4 is 10.6 Å². The molecule has 0 saturated carbocycles. The third kappa shape index (κ3) is 8.84. The van der Waals surface area contributed by atoms with Crippen LogP contribution in [0.4, 0.5) is 11.4 Å². The second kappa shape index (κ2) is 13.8. The lowest BCUT2D eigenvalue weighted by Crippen LogP contribution is -1.99. The van der Waals surface area contributed by atoms with Gasteiger partial charge < -0.3 is 19.5 Å². The van der Waals surface area contributed by atoms with Gasteiger partial charge in [0.2, 0.25) is 23.6 Å². The molecule has 0 aliphatic rings. The number of halogens is 2. The minimum Gasteiger partial charge on any atom is -0.423 e. The molecule has 2 heterocycles. The van der Waals surface area contributed by atoms with E-state index in [1.165, 1.54) is 12.8 Å². The van der Waals surface area contributed by atoms with Crippen molar-refractivity contribution in [3.05, 3.63) is 82.1 Å². The van der Waals surface area contributed by atoms with Crippen LogP contribution in [0.3, 0.4) is 0 Å². The predicted octanol–water partition coefficient (Wildman–Crippen LogP) is 7.11. The molecule has 0 aliphatic heterocycles. The molecule has 0 fully saturated rings. The van der Waals surface area contributed by atoms with Gasteiger partial charge in [-0.2, -0.15) is 0 Å². The summed E-state index contributed by atoms with van der Waals surface area (Å²) in [5, 5.41) is 24.4. The van der Waals surface area contributed by atoms with Gasteiger partial charge in [0.05, 0.1) is 13.1 Å². The van der Waals surface area contributed by atoms with Crippen LogP contribution in [0.25, 0.3) is 0 Å². The van der Waals surface area contributed by atoms with Crippen molar-refractivity contribution in [1.29, 1.82) is 0 Å². The summed E-state index contributed by atoms with van der Waals surface area (Å²) in [5.41, 5.74) is 1.93. The molecule has 8 nitrogen and oxygen atoms in total. The van der Waals surface area contributed by atoms with Crippen molar-refractivity contribution in [2.45, 2.75) is 64.5 Å². The molecule has 10 heteroatoms.